The average molecular weight is 215 g/mol. The van der Waals surface area contributed by atoms with Gasteiger partial charge in [0.25, 0.3) is 0 Å². The molecule has 0 aromatic carbocycles. The second-order valence-electron chi connectivity index (χ2n) is 2.76. The summed E-state index contributed by atoms with van der Waals surface area (Å²) in [5.41, 5.74) is 0.879. The lowest BCUT2D eigenvalue weighted by atomic mass is 10.3. The average Bonchev–Trinajstić information content (AvgIpc) is 2.21. The van der Waals surface area contributed by atoms with Crippen LogP contribution in [0.4, 0.5) is 4.39 Å². The second kappa shape index (κ2) is 5.98. The number of halogens is 1. The fraction of sp³-hybridized carbons (Fsp3) is 0.500. The summed E-state index contributed by atoms with van der Waals surface area (Å²) in [6, 6.07) is 1.78. The summed E-state index contributed by atoms with van der Waals surface area (Å²) in [6.45, 7) is 3.30. The third-order valence-electron chi connectivity index (χ3n) is 1.80. The van der Waals surface area contributed by atoms with Gasteiger partial charge >= 0.3 is 0 Å². The fourth-order valence-corrected chi connectivity index (χ4v) is 1.58. The van der Waals surface area contributed by atoms with Crippen LogP contribution in [0.1, 0.15) is 12.6 Å². The Morgan fingerprint density at radius 1 is 1.57 bits per heavy atom. The standard InChI is InChI=1S/C10H14FNOS/c1-3-13-5-4-8-6-10(14-2)9(11)7-12-8/h6-7H,3-5H2,1-2H3. The van der Waals surface area contributed by atoms with Crippen molar-refractivity contribution in [3.63, 3.8) is 0 Å². The van der Waals surface area contributed by atoms with Crippen molar-refractivity contribution in [1.82, 2.24) is 4.98 Å². The van der Waals surface area contributed by atoms with E-state index >= 15 is 0 Å². The third-order valence-corrected chi connectivity index (χ3v) is 2.56. The molecule has 0 spiro atoms. The highest BCUT2D eigenvalue weighted by atomic mass is 32.2. The van der Waals surface area contributed by atoms with Crippen LogP contribution in [-0.2, 0) is 11.2 Å². The molecular formula is C10H14FNOS. The van der Waals surface area contributed by atoms with Gasteiger partial charge in [0.05, 0.1) is 12.8 Å². The van der Waals surface area contributed by atoms with Gasteiger partial charge in [-0.1, -0.05) is 0 Å². The summed E-state index contributed by atoms with van der Waals surface area (Å²) < 4.78 is 18.2. The van der Waals surface area contributed by atoms with Gasteiger partial charge in [-0.15, -0.1) is 11.8 Å². The highest BCUT2D eigenvalue weighted by Gasteiger charge is 2.03. The molecule has 0 saturated heterocycles. The van der Waals surface area contributed by atoms with Crippen molar-refractivity contribution in [2.75, 3.05) is 19.5 Å². The number of nitrogens with zero attached hydrogens (tertiary/aromatic N) is 1. The summed E-state index contributed by atoms with van der Waals surface area (Å²) in [5, 5.41) is 0. The normalized spacial score (nSPS) is 10.5. The molecular weight excluding hydrogens is 201 g/mol. The Hall–Kier alpha value is -0.610. The second-order valence-corrected chi connectivity index (χ2v) is 3.61. The molecule has 0 aliphatic carbocycles. The highest BCUT2D eigenvalue weighted by molar-refractivity contribution is 7.98. The van der Waals surface area contributed by atoms with Crippen LogP contribution in [0.15, 0.2) is 17.2 Å². The van der Waals surface area contributed by atoms with Crippen molar-refractivity contribution >= 4 is 11.8 Å². The first-order chi connectivity index (χ1) is 6.77. The molecule has 1 aromatic heterocycles. The van der Waals surface area contributed by atoms with E-state index in [-0.39, 0.29) is 5.82 Å². The molecule has 0 aliphatic rings. The SMILES string of the molecule is CCOCCc1cc(SC)c(F)cn1. The van der Waals surface area contributed by atoms with E-state index in [0.29, 0.717) is 18.1 Å². The minimum absolute atomic E-state index is 0.252. The molecule has 1 rings (SSSR count). The van der Waals surface area contributed by atoms with Crippen LogP contribution >= 0.6 is 11.8 Å². The van der Waals surface area contributed by atoms with Gasteiger partial charge in [-0.25, -0.2) is 4.39 Å². The van der Waals surface area contributed by atoms with Crippen molar-refractivity contribution in [1.29, 1.82) is 0 Å². The maximum Gasteiger partial charge on any atom is 0.155 e. The van der Waals surface area contributed by atoms with Crippen LogP contribution in [0.2, 0.25) is 0 Å². The van der Waals surface area contributed by atoms with Gasteiger partial charge in [0.15, 0.2) is 5.82 Å². The van der Waals surface area contributed by atoms with Crippen LogP contribution in [0.3, 0.4) is 0 Å². The molecule has 4 heteroatoms. The summed E-state index contributed by atoms with van der Waals surface area (Å²) in [4.78, 5) is 4.64. The first-order valence-electron chi connectivity index (χ1n) is 4.54. The Bertz CT molecular complexity index is 293. The van der Waals surface area contributed by atoms with Gasteiger partial charge in [0.1, 0.15) is 0 Å². The van der Waals surface area contributed by atoms with Crippen molar-refractivity contribution in [2.24, 2.45) is 0 Å². The fourth-order valence-electron chi connectivity index (χ4n) is 1.07. The van der Waals surface area contributed by atoms with Gasteiger partial charge < -0.3 is 4.74 Å². The van der Waals surface area contributed by atoms with Gasteiger partial charge in [-0.3, -0.25) is 4.98 Å². The predicted octanol–water partition coefficient (Wildman–Crippen LogP) is 2.52. The number of aromatic nitrogens is 1. The number of hydrogen-bond acceptors (Lipinski definition) is 3. The molecule has 14 heavy (non-hydrogen) atoms. The number of pyridine rings is 1. The topological polar surface area (TPSA) is 22.1 Å². The summed E-state index contributed by atoms with van der Waals surface area (Å²) in [5.74, 6) is -0.252. The van der Waals surface area contributed by atoms with Crippen LogP contribution in [0.5, 0.6) is 0 Å². The van der Waals surface area contributed by atoms with E-state index in [1.54, 1.807) is 6.07 Å². The largest absolute Gasteiger partial charge is 0.381 e. The van der Waals surface area contributed by atoms with Crippen molar-refractivity contribution in [2.45, 2.75) is 18.2 Å². The molecule has 0 atom stereocenters. The minimum atomic E-state index is -0.252. The zero-order chi connectivity index (χ0) is 10.4. The molecule has 1 aromatic rings. The van der Waals surface area contributed by atoms with E-state index in [9.17, 15) is 4.39 Å². The van der Waals surface area contributed by atoms with Crippen LogP contribution in [0.25, 0.3) is 0 Å². The first kappa shape index (κ1) is 11.5. The lowest BCUT2D eigenvalue weighted by molar-refractivity contribution is 0.150. The van der Waals surface area contributed by atoms with Crippen molar-refractivity contribution < 1.29 is 9.13 Å². The molecule has 0 bridgehead atoms. The minimum Gasteiger partial charge on any atom is -0.381 e. The third kappa shape index (κ3) is 3.27. The van der Waals surface area contributed by atoms with Gasteiger partial charge in [-0.2, -0.15) is 0 Å². The lowest BCUT2D eigenvalue weighted by Gasteiger charge is -2.03. The summed E-state index contributed by atoms with van der Waals surface area (Å²) in [7, 11) is 0. The molecule has 2 nitrogen and oxygen atoms in total. The Labute approximate surface area is 87.9 Å². The van der Waals surface area contributed by atoms with E-state index in [2.05, 4.69) is 4.98 Å². The van der Waals surface area contributed by atoms with Crippen molar-refractivity contribution in [3.8, 4) is 0 Å². The molecule has 78 valence electrons. The number of thioether (sulfide) groups is 1. The molecule has 0 aliphatic heterocycles. The quantitative estimate of drug-likeness (QED) is 0.556. The molecule has 0 unspecified atom stereocenters. The number of rotatable bonds is 5. The number of hydrogen-bond donors (Lipinski definition) is 0. The van der Waals surface area contributed by atoms with Gasteiger partial charge in [0.2, 0.25) is 0 Å². The highest BCUT2D eigenvalue weighted by Crippen LogP contribution is 2.18. The van der Waals surface area contributed by atoms with Crippen LogP contribution in [0, 0.1) is 5.82 Å². The Balaban J connectivity index is 2.60. The van der Waals surface area contributed by atoms with E-state index in [0.717, 1.165) is 12.1 Å². The van der Waals surface area contributed by atoms with E-state index in [4.69, 9.17) is 4.74 Å². The van der Waals surface area contributed by atoms with Gasteiger partial charge in [-0.05, 0) is 19.2 Å². The zero-order valence-electron chi connectivity index (χ0n) is 8.42. The Kier molecular flexibility index (Phi) is 4.90. The van der Waals surface area contributed by atoms with Crippen LogP contribution < -0.4 is 0 Å². The molecule has 0 N–H and O–H groups in total. The van der Waals surface area contributed by atoms with E-state index in [1.807, 2.05) is 13.2 Å². The summed E-state index contributed by atoms with van der Waals surface area (Å²) in [6.07, 6.45) is 3.86. The molecule has 0 fully saturated rings. The van der Waals surface area contributed by atoms with E-state index in [1.165, 1.54) is 18.0 Å². The lowest BCUT2D eigenvalue weighted by Crippen LogP contribution is -2.00. The molecule has 0 radical (unpaired) electrons. The molecule has 1 heterocycles. The predicted molar refractivity (Wildman–Crippen MR) is 56.2 cm³/mol. The van der Waals surface area contributed by atoms with E-state index < -0.39 is 0 Å². The van der Waals surface area contributed by atoms with Crippen molar-refractivity contribution in [3.05, 3.63) is 23.8 Å². The molecule has 0 saturated carbocycles. The van der Waals surface area contributed by atoms with Crippen LogP contribution in [-0.4, -0.2) is 24.5 Å². The number of ether oxygens (including phenoxy) is 1. The monoisotopic (exact) mass is 215 g/mol. The summed E-state index contributed by atoms with van der Waals surface area (Å²) >= 11 is 1.39. The zero-order valence-corrected chi connectivity index (χ0v) is 9.23. The maximum atomic E-state index is 13.0. The smallest absolute Gasteiger partial charge is 0.155 e. The maximum absolute atomic E-state index is 13.0. The molecule has 0 amide bonds. The first-order valence-corrected chi connectivity index (χ1v) is 5.76. The Morgan fingerprint density at radius 3 is 3.00 bits per heavy atom. The van der Waals surface area contributed by atoms with Gasteiger partial charge in [0, 0.05) is 23.6 Å². The Morgan fingerprint density at radius 2 is 2.36 bits per heavy atom.